The number of cyclic esters (lactones) is 1. The predicted octanol–water partition coefficient (Wildman–Crippen LogP) is 3.96. The van der Waals surface area contributed by atoms with E-state index in [1.165, 1.54) is 6.92 Å². The molecule has 5 fully saturated rings. The molecule has 3 aliphatic carbocycles. The van der Waals surface area contributed by atoms with Gasteiger partial charge in [-0.3, -0.25) is 14.4 Å². The highest BCUT2D eigenvalue weighted by molar-refractivity contribution is 5.97. The number of epoxide rings is 1. The summed E-state index contributed by atoms with van der Waals surface area (Å²) in [5.41, 5.74) is -3.40. The first kappa shape index (κ1) is 23.9. The van der Waals surface area contributed by atoms with E-state index in [1.54, 1.807) is 18.6 Å². The first-order valence-electron chi connectivity index (χ1n) is 12.9. The van der Waals surface area contributed by atoms with E-state index in [0.29, 0.717) is 12.8 Å². The summed E-state index contributed by atoms with van der Waals surface area (Å²) in [6.45, 7) is 11.3. The van der Waals surface area contributed by atoms with Gasteiger partial charge in [0.2, 0.25) is 0 Å². The van der Waals surface area contributed by atoms with Gasteiger partial charge in [0, 0.05) is 41.6 Å². The molecule has 0 aromatic carbocycles. The van der Waals surface area contributed by atoms with E-state index in [-0.39, 0.29) is 36.2 Å². The van der Waals surface area contributed by atoms with Crippen LogP contribution < -0.4 is 0 Å². The number of ether oxygens (including phenoxy) is 3. The van der Waals surface area contributed by atoms with Crippen LogP contribution >= 0.6 is 0 Å². The molecule has 6 rings (SSSR count). The second-order valence-corrected chi connectivity index (χ2v) is 12.8. The largest absolute Gasteiger partial charge is 0.472 e. The van der Waals surface area contributed by atoms with Gasteiger partial charge in [-0.2, -0.15) is 0 Å². The summed E-state index contributed by atoms with van der Waals surface area (Å²) in [6, 6.07) is 1.79. The Bertz CT molecular complexity index is 1180. The number of rotatable bonds is 2. The van der Waals surface area contributed by atoms with Gasteiger partial charge >= 0.3 is 11.9 Å². The lowest BCUT2D eigenvalue weighted by molar-refractivity contribution is -0.226. The van der Waals surface area contributed by atoms with Gasteiger partial charge in [0.15, 0.2) is 6.10 Å². The number of esters is 2. The van der Waals surface area contributed by atoms with Crippen molar-refractivity contribution in [1.29, 1.82) is 0 Å². The Morgan fingerprint density at radius 1 is 1.00 bits per heavy atom. The van der Waals surface area contributed by atoms with Gasteiger partial charge in [0.05, 0.1) is 17.9 Å². The van der Waals surface area contributed by atoms with Crippen LogP contribution in [-0.4, -0.2) is 41.3 Å². The third kappa shape index (κ3) is 2.45. The zero-order chi connectivity index (χ0) is 26.1. The van der Waals surface area contributed by atoms with Gasteiger partial charge in [-0.25, -0.2) is 4.79 Å². The van der Waals surface area contributed by atoms with Gasteiger partial charge in [-0.1, -0.05) is 27.7 Å². The average Bonchev–Trinajstić information content (AvgIpc) is 3.36. The van der Waals surface area contributed by atoms with Crippen molar-refractivity contribution in [2.24, 2.45) is 33.5 Å². The number of carbonyl (C=O) groups is 4. The predicted molar refractivity (Wildman–Crippen MR) is 124 cm³/mol. The van der Waals surface area contributed by atoms with Crippen molar-refractivity contribution in [2.75, 3.05) is 0 Å². The summed E-state index contributed by atoms with van der Waals surface area (Å²) in [7, 11) is 0. The van der Waals surface area contributed by atoms with Crippen LogP contribution in [0.25, 0.3) is 0 Å². The molecule has 2 saturated heterocycles. The van der Waals surface area contributed by atoms with Crippen molar-refractivity contribution in [3.63, 3.8) is 0 Å². The maximum Gasteiger partial charge on any atom is 0.339 e. The standard InChI is InChI=1S/C28H34O8/c1-14(29)34-20-12-18(30)26(5)16-7-9-25(4)21(15-8-10-33-13-15)35-23(32)22-28(25,36-22)27(16,6)19(31)11-17(26)24(20,2)3/h8,10,13,16-17,20-22H,7,9,11-12H2,1-6H3/t16-,17+,20-,21-,22+,25+,26+,27+,28-/m0/s1. The Kier molecular flexibility index (Phi) is 4.57. The highest BCUT2D eigenvalue weighted by Crippen LogP contribution is 2.79. The molecule has 8 heteroatoms. The van der Waals surface area contributed by atoms with Crippen molar-refractivity contribution in [2.45, 2.75) is 91.1 Å². The molecular formula is C28H34O8. The molecular weight excluding hydrogens is 464 g/mol. The van der Waals surface area contributed by atoms with Crippen LogP contribution in [0.1, 0.15) is 78.9 Å². The lowest BCUT2D eigenvalue weighted by Gasteiger charge is -2.67. The Morgan fingerprint density at radius 2 is 1.72 bits per heavy atom. The summed E-state index contributed by atoms with van der Waals surface area (Å²) >= 11 is 0. The molecule has 1 aromatic rings. The second kappa shape index (κ2) is 6.88. The molecule has 194 valence electrons. The van der Waals surface area contributed by atoms with Crippen molar-refractivity contribution in [3.8, 4) is 0 Å². The van der Waals surface area contributed by atoms with Gasteiger partial charge < -0.3 is 18.6 Å². The zero-order valence-electron chi connectivity index (χ0n) is 21.7. The van der Waals surface area contributed by atoms with E-state index in [2.05, 4.69) is 0 Å². The van der Waals surface area contributed by atoms with E-state index in [4.69, 9.17) is 18.6 Å². The number of furan rings is 1. The fraction of sp³-hybridized carbons (Fsp3) is 0.714. The molecule has 8 nitrogen and oxygen atoms in total. The number of fused-ring (bicyclic) bond motifs is 3. The summed E-state index contributed by atoms with van der Waals surface area (Å²) in [4.78, 5) is 53.2. The Labute approximate surface area is 210 Å². The molecule has 1 aromatic heterocycles. The second-order valence-electron chi connectivity index (χ2n) is 12.8. The molecule has 0 radical (unpaired) electrons. The Balaban J connectivity index is 1.48. The van der Waals surface area contributed by atoms with Crippen LogP contribution in [0.4, 0.5) is 0 Å². The van der Waals surface area contributed by atoms with Crippen LogP contribution in [-0.2, 0) is 33.4 Å². The molecule has 0 unspecified atom stereocenters. The molecule has 2 aliphatic heterocycles. The highest BCUT2D eigenvalue weighted by atomic mass is 16.7. The topological polar surface area (TPSA) is 112 Å². The van der Waals surface area contributed by atoms with Gasteiger partial charge in [0.1, 0.15) is 29.4 Å². The van der Waals surface area contributed by atoms with E-state index < -0.39 is 57.5 Å². The van der Waals surface area contributed by atoms with Crippen LogP contribution in [0.5, 0.6) is 0 Å². The minimum absolute atomic E-state index is 0.00777. The Hall–Kier alpha value is -2.48. The fourth-order valence-electron chi connectivity index (χ4n) is 9.31. The first-order chi connectivity index (χ1) is 16.8. The molecule has 1 spiro atoms. The number of ketones is 2. The Morgan fingerprint density at radius 3 is 2.36 bits per heavy atom. The highest BCUT2D eigenvalue weighted by Gasteiger charge is 2.88. The van der Waals surface area contributed by atoms with E-state index in [1.807, 2.05) is 34.6 Å². The van der Waals surface area contributed by atoms with Crippen LogP contribution in [0.15, 0.2) is 23.0 Å². The minimum Gasteiger partial charge on any atom is -0.472 e. The van der Waals surface area contributed by atoms with Crippen molar-refractivity contribution < 1.29 is 37.8 Å². The third-order valence-corrected chi connectivity index (χ3v) is 11.2. The molecule has 3 saturated carbocycles. The third-order valence-electron chi connectivity index (χ3n) is 11.2. The quantitative estimate of drug-likeness (QED) is 0.445. The molecule has 0 bridgehead atoms. The molecule has 5 aliphatic rings. The van der Waals surface area contributed by atoms with Crippen LogP contribution in [0, 0.1) is 33.5 Å². The molecule has 0 amide bonds. The number of carbonyl (C=O) groups excluding carboxylic acids is 4. The van der Waals surface area contributed by atoms with E-state index in [9.17, 15) is 19.2 Å². The van der Waals surface area contributed by atoms with Crippen molar-refractivity contribution in [1.82, 2.24) is 0 Å². The fourth-order valence-corrected chi connectivity index (χ4v) is 9.31. The van der Waals surface area contributed by atoms with E-state index in [0.717, 1.165) is 5.56 Å². The molecule has 0 N–H and O–H groups in total. The first-order valence-corrected chi connectivity index (χ1v) is 12.9. The average molecular weight is 499 g/mol. The van der Waals surface area contributed by atoms with Crippen LogP contribution in [0.3, 0.4) is 0 Å². The van der Waals surface area contributed by atoms with Crippen LogP contribution in [0.2, 0.25) is 0 Å². The molecule has 9 atom stereocenters. The van der Waals surface area contributed by atoms with E-state index >= 15 is 0 Å². The summed E-state index contributed by atoms with van der Waals surface area (Å²) in [5.74, 6) is -1.47. The molecule has 36 heavy (non-hydrogen) atoms. The van der Waals surface area contributed by atoms with Gasteiger partial charge in [0.25, 0.3) is 0 Å². The van der Waals surface area contributed by atoms with Gasteiger partial charge in [-0.15, -0.1) is 0 Å². The number of hydrogen-bond acceptors (Lipinski definition) is 8. The van der Waals surface area contributed by atoms with Crippen molar-refractivity contribution >= 4 is 23.5 Å². The molecule has 3 heterocycles. The maximum atomic E-state index is 14.3. The minimum atomic E-state index is -1.05. The smallest absolute Gasteiger partial charge is 0.339 e. The van der Waals surface area contributed by atoms with Crippen molar-refractivity contribution in [3.05, 3.63) is 24.2 Å². The monoisotopic (exact) mass is 498 g/mol. The SMILES string of the molecule is CC(=O)O[C@H]1CC(=O)[C@@]2(C)[C@H](CC(=O)[C@@]3(C)[C@H]2CC[C@]2(C)[C@H](c4ccoc4)OC(=O)[C@H]4O[C@]432)C1(C)C. The summed E-state index contributed by atoms with van der Waals surface area (Å²) in [6.07, 6.45) is 2.65. The summed E-state index contributed by atoms with van der Waals surface area (Å²) < 4.78 is 23.1. The number of hydrogen-bond donors (Lipinski definition) is 0. The zero-order valence-corrected chi connectivity index (χ0v) is 21.7. The maximum absolute atomic E-state index is 14.3. The summed E-state index contributed by atoms with van der Waals surface area (Å²) in [5, 5.41) is 0. The lowest BCUT2D eigenvalue weighted by Crippen LogP contribution is -2.73. The number of Topliss-reactive ketones (excluding diaryl/α,β-unsaturated/α-hetero) is 2. The van der Waals surface area contributed by atoms with Gasteiger partial charge in [-0.05, 0) is 37.7 Å². The lowest BCUT2D eigenvalue weighted by atomic mass is 9.35. The normalized spacial score (nSPS) is 48.6.